The number of carboxylic acid groups (broad SMARTS) is 1. The number of ether oxygens (including phenoxy) is 1. The van der Waals surface area contributed by atoms with Crippen LogP contribution in [0.5, 0.6) is 0 Å². The number of carbonyl (C=O) groups is 2. The molecular formula is C19H22N2O4S. The smallest absolute Gasteiger partial charge is 0.338 e. The summed E-state index contributed by atoms with van der Waals surface area (Å²) in [5.74, 6) is -1.11. The average molecular weight is 374 g/mol. The highest BCUT2D eigenvalue weighted by Gasteiger charge is 2.32. The maximum absolute atomic E-state index is 11.8. The summed E-state index contributed by atoms with van der Waals surface area (Å²) in [6.07, 6.45) is 0. The number of carbonyl (C=O) groups excluding carboxylic acids is 1. The molecule has 1 aliphatic rings. The number of aryl methyl sites for hydroxylation is 1. The minimum absolute atomic E-state index is 0.0325. The Morgan fingerprint density at radius 2 is 2.00 bits per heavy atom. The van der Waals surface area contributed by atoms with Gasteiger partial charge in [0.15, 0.2) is 0 Å². The van der Waals surface area contributed by atoms with Crippen LogP contribution in [0.4, 0.5) is 0 Å². The van der Waals surface area contributed by atoms with Crippen molar-refractivity contribution in [3.8, 4) is 5.69 Å². The van der Waals surface area contributed by atoms with Crippen molar-refractivity contribution >= 4 is 23.7 Å². The lowest BCUT2D eigenvalue weighted by Gasteiger charge is -2.13. The molecule has 26 heavy (non-hydrogen) atoms. The molecule has 2 heterocycles. The first-order valence-electron chi connectivity index (χ1n) is 8.50. The number of benzene rings is 1. The van der Waals surface area contributed by atoms with Crippen LogP contribution < -0.4 is 5.32 Å². The second kappa shape index (κ2) is 7.55. The molecule has 7 heteroatoms. The van der Waals surface area contributed by atoms with Gasteiger partial charge in [0.05, 0.1) is 17.5 Å². The van der Waals surface area contributed by atoms with Gasteiger partial charge < -0.3 is 14.4 Å². The molecule has 0 radical (unpaired) electrons. The second-order valence-corrected chi connectivity index (χ2v) is 7.49. The lowest BCUT2D eigenvalue weighted by molar-refractivity contribution is -0.136. The molecule has 1 aromatic heterocycles. The normalized spacial score (nSPS) is 19.5. The van der Waals surface area contributed by atoms with Crippen molar-refractivity contribution in [3.05, 3.63) is 52.8 Å². The lowest BCUT2D eigenvalue weighted by Crippen LogP contribution is -2.21. The molecule has 0 bridgehead atoms. The van der Waals surface area contributed by atoms with E-state index in [4.69, 9.17) is 4.74 Å². The Balaban J connectivity index is 1.87. The molecule has 0 spiro atoms. The average Bonchev–Trinajstić information content (AvgIpc) is 3.20. The zero-order valence-electron chi connectivity index (χ0n) is 15.0. The maximum Gasteiger partial charge on any atom is 0.338 e. The predicted octanol–water partition coefficient (Wildman–Crippen LogP) is 3.06. The van der Waals surface area contributed by atoms with Gasteiger partial charge in [-0.05, 0) is 51.1 Å². The summed E-state index contributed by atoms with van der Waals surface area (Å²) in [4.78, 5) is 23.0. The lowest BCUT2D eigenvalue weighted by atomic mass is 10.2. The van der Waals surface area contributed by atoms with Crippen LogP contribution >= 0.6 is 11.8 Å². The summed E-state index contributed by atoms with van der Waals surface area (Å²) in [7, 11) is 0. The van der Waals surface area contributed by atoms with Crippen LogP contribution in [0.25, 0.3) is 5.69 Å². The van der Waals surface area contributed by atoms with Crippen LogP contribution in [0.15, 0.2) is 30.3 Å². The zero-order chi connectivity index (χ0) is 18.8. The quantitative estimate of drug-likeness (QED) is 0.783. The van der Waals surface area contributed by atoms with E-state index >= 15 is 0 Å². The Morgan fingerprint density at radius 1 is 1.31 bits per heavy atom. The number of aliphatic carboxylic acids is 1. The minimum Gasteiger partial charge on any atom is -0.480 e. The Kier molecular flexibility index (Phi) is 5.38. The molecule has 2 N–H and O–H groups in total. The molecule has 1 saturated heterocycles. The third kappa shape index (κ3) is 3.50. The molecule has 2 aromatic rings. The van der Waals surface area contributed by atoms with Crippen molar-refractivity contribution in [3.63, 3.8) is 0 Å². The van der Waals surface area contributed by atoms with Crippen LogP contribution in [-0.2, 0) is 9.53 Å². The number of hydrogen-bond donors (Lipinski definition) is 2. The number of rotatable bonds is 5. The van der Waals surface area contributed by atoms with Crippen LogP contribution in [-0.4, -0.2) is 40.0 Å². The van der Waals surface area contributed by atoms with Crippen molar-refractivity contribution < 1.29 is 19.4 Å². The van der Waals surface area contributed by atoms with Gasteiger partial charge in [0.2, 0.25) is 0 Å². The van der Waals surface area contributed by atoms with Crippen LogP contribution in [0.3, 0.4) is 0 Å². The second-order valence-electron chi connectivity index (χ2n) is 6.18. The molecule has 3 rings (SSSR count). The van der Waals surface area contributed by atoms with Crippen LogP contribution in [0.1, 0.15) is 39.6 Å². The zero-order valence-corrected chi connectivity index (χ0v) is 15.8. The Labute approximate surface area is 156 Å². The van der Waals surface area contributed by atoms with Crippen molar-refractivity contribution in [1.82, 2.24) is 9.88 Å². The third-order valence-electron chi connectivity index (χ3n) is 4.45. The molecule has 1 aromatic carbocycles. The van der Waals surface area contributed by atoms with Gasteiger partial charge in [-0.3, -0.25) is 10.1 Å². The van der Waals surface area contributed by atoms with Gasteiger partial charge in [0.1, 0.15) is 5.25 Å². The highest BCUT2D eigenvalue weighted by Crippen LogP contribution is 2.38. The third-order valence-corrected chi connectivity index (χ3v) is 5.84. The number of carboxylic acids is 1. The first-order valence-corrected chi connectivity index (χ1v) is 9.44. The standard InChI is InChI=1S/C19H22N2O4S/c1-4-25-19(24)13-5-7-14(8-6-13)21-11(2)9-15(12(21)3)17-20-10-16(26-17)18(22)23/h5-9,16-17,20H,4,10H2,1-3H3,(H,22,23)/t16-,17+/m1/s1. The molecule has 6 nitrogen and oxygen atoms in total. The van der Waals surface area contributed by atoms with E-state index in [0.717, 1.165) is 22.6 Å². The summed E-state index contributed by atoms with van der Waals surface area (Å²) in [6.45, 7) is 6.64. The monoisotopic (exact) mass is 374 g/mol. The van der Waals surface area contributed by atoms with E-state index in [1.54, 1.807) is 19.1 Å². The summed E-state index contributed by atoms with van der Waals surface area (Å²) in [6, 6.07) is 9.39. The fraction of sp³-hybridized carbons (Fsp3) is 0.368. The number of nitrogens with zero attached hydrogens (tertiary/aromatic N) is 1. The van der Waals surface area contributed by atoms with Gasteiger partial charge in [-0.1, -0.05) is 0 Å². The van der Waals surface area contributed by atoms with Gasteiger partial charge in [0, 0.05) is 29.2 Å². The van der Waals surface area contributed by atoms with E-state index < -0.39 is 11.2 Å². The fourth-order valence-corrected chi connectivity index (χ4v) is 4.43. The van der Waals surface area contributed by atoms with E-state index in [9.17, 15) is 14.7 Å². The van der Waals surface area contributed by atoms with E-state index in [1.165, 1.54) is 11.8 Å². The fourth-order valence-electron chi connectivity index (χ4n) is 3.21. The Hall–Kier alpha value is -2.25. The molecule has 138 valence electrons. The summed E-state index contributed by atoms with van der Waals surface area (Å²) >= 11 is 1.43. The maximum atomic E-state index is 11.8. The van der Waals surface area contributed by atoms with Crippen LogP contribution in [0.2, 0.25) is 0 Å². The number of hydrogen-bond acceptors (Lipinski definition) is 5. The topological polar surface area (TPSA) is 80.6 Å². The molecule has 0 amide bonds. The molecule has 2 atom stereocenters. The first kappa shape index (κ1) is 18.5. The van der Waals surface area contributed by atoms with E-state index in [2.05, 4.69) is 16.0 Å². The van der Waals surface area contributed by atoms with E-state index in [0.29, 0.717) is 18.7 Å². The van der Waals surface area contributed by atoms with Crippen molar-refractivity contribution in [2.24, 2.45) is 0 Å². The predicted molar refractivity (Wildman–Crippen MR) is 101 cm³/mol. The molecule has 1 fully saturated rings. The number of esters is 1. The number of aromatic nitrogens is 1. The van der Waals surface area contributed by atoms with Gasteiger partial charge in [-0.15, -0.1) is 11.8 Å². The largest absolute Gasteiger partial charge is 0.480 e. The molecule has 1 aliphatic heterocycles. The summed E-state index contributed by atoms with van der Waals surface area (Å²) in [5.41, 5.74) is 4.68. The Morgan fingerprint density at radius 3 is 2.58 bits per heavy atom. The minimum atomic E-state index is -0.784. The van der Waals surface area contributed by atoms with Crippen LogP contribution in [0, 0.1) is 13.8 Å². The molecule has 0 unspecified atom stereocenters. The number of nitrogens with one attached hydrogen (secondary N) is 1. The SMILES string of the molecule is CCOC(=O)c1ccc(-n2c(C)cc([C@H]3NC[C@H](C(=O)O)S3)c2C)cc1. The van der Waals surface area contributed by atoms with Gasteiger partial charge in [-0.2, -0.15) is 0 Å². The molecular weight excluding hydrogens is 352 g/mol. The van der Waals surface area contributed by atoms with Gasteiger partial charge >= 0.3 is 11.9 Å². The summed E-state index contributed by atoms with van der Waals surface area (Å²) in [5, 5.41) is 12.0. The van der Waals surface area contributed by atoms with Crippen molar-refractivity contribution in [2.75, 3.05) is 13.2 Å². The summed E-state index contributed by atoms with van der Waals surface area (Å²) < 4.78 is 7.13. The van der Waals surface area contributed by atoms with E-state index in [-0.39, 0.29) is 11.3 Å². The van der Waals surface area contributed by atoms with Crippen molar-refractivity contribution in [2.45, 2.75) is 31.4 Å². The highest BCUT2D eigenvalue weighted by atomic mass is 32.2. The molecule has 0 aliphatic carbocycles. The van der Waals surface area contributed by atoms with Crippen molar-refractivity contribution in [1.29, 1.82) is 0 Å². The highest BCUT2D eigenvalue weighted by molar-refractivity contribution is 8.01. The van der Waals surface area contributed by atoms with Gasteiger partial charge in [0.25, 0.3) is 0 Å². The Bertz CT molecular complexity index is 829. The first-order chi connectivity index (χ1) is 12.4. The molecule has 0 saturated carbocycles. The van der Waals surface area contributed by atoms with Gasteiger partial charge in [-0.25, -0.2) is 4.79 Å². The number of thioether (sulfide) groups is 1. The van der Waals surface area contributed by atoms with E-state index in [1.807, 2.05) is 26.0 Å².